The van der Waals surface area contributed by atoms with Crippen LogP contribution < -0.4 is 19.5 Å². The van der Waals surface area contributed by atoms with Gasteiger partial charge >= 0.3 is 0 Å². The minimum Gasteiger partial charge on any atom is -0.496 e. The summed E-state index contributed by atoms with van der Waals surface area (Å²) in [5.41, 5.74) is 0.469. The van der Waals surface area contributed by atoms with E-state index < -0.39 is 0 Å². The number of hydrogen-bond acceptors (Lipinski definition) is 5. The van der Waals surface area contributed by atoms with Crippen LogP contribution in [0.4, 0.5) is 0 Å². The van der Waals surface area contributed by atoms with E-state index in [1.54, 1.807) is 33.5 Å². The highest BCUT2D eigenvalue weighted by molar-refractivity contribution is 7.99. The molecule has 5 nitrogen and oxygen atoms in total. The molecule has 0 spiro atoms. The number of ether oxygens (including phenoxy) is 3. The van der Waals surface area contributed by atoms with Gasteiger partial charge in [-0.25, -0.2) is 0 Å². The second kappa shape index (κ2) is 8.34. The molecule has 0 bridgehead atoms. The van der Waals surface area contributed by atoms with Gasteiger partial charge in [-0.15, -0.1) is 0 Å². The van der Waals surface area contributed by atoms with Crippen LogP contribution in [0.5, 0.6) is 17.2 Å². The van der Waals surface area contributed by atoms with Crippen molar-refractivity contribution >= 4 is 17.7 Å². The monoisotopic (exact) mass is 339 g/mol. The molecule has 128 valence electrons. The van der Waals surface area contributed by atoms with Crippen molar-refractivity contribution in [2.75, 3.05) is 27.6 Å². The third kappa shape index (κ3) is 4.25. The summed E-state index contributed by atoms with van der Waals surface area (Å²) in [6, 6.07) is 3.56. The number of hydrogen-bond donors (Lipinski definition) is 1. The molecule has 1 saturated carbocycles. The van der Waals surface area contributed by atoms with E-state index in [-0.39, 0.29) is 11.9 Å². The van der Waals surface area contributed by atoms with Crippen LogP contribution in [0.3, 0.4) is 0 Å². The van der Waals surface area contributed by atoms with E-state index in [1.165, 1.54) is 6.42 Å². The molecule has 0 aromatic heterocycles. The molecule has 1 aromatic carbocycles. The van der Waals surface area contributed by atoms with Gasteiger partial charge in [-0.05, 0) is 25.5 Å². The van der Waals surface area contributed by atoms with Gasteiger partial charge < -0.3 is 19.5 Å². The Morgan fingerprint density at radius 2 is 1.74 bits per heavy atom. The SMILES string of the molecule is COc1cc(OC)c(C(=O)N[C@H]2CCC[C@H](SC)C2)cc1OC. The lowest BCUT2D eigenvalue weighted by molar-refractivity contribution is 0.0925. The zero-order valence-electron chi connectivity index (χ0n) is 14.2. The first-order valence-corrected chi connectivity index (χ1v) is 9.05. The number of benzene rings is 1. The maximum Gasteiger partial charge on any atom is 0.255 e. The number of methoxy groups -OCH3 is 3. The van der Waals surface area contributed by atoms with Crippen LogP contribution in [-0.4, -0.2) is 44.8 Å². The first-order valence-electron chi connectivity index (χ1n) is 7.76. The highest BCUT2D eigenvalue weighted by Crippen LogP contribution is 2.35. The van der Waals surface area contributed by atoms with Crippen LogP contribution in [0.1, 0.15) is 36.0 Å². The maximum absolute atomic E-state index is 12.7. The topological polar surface area (TPSA) is 56.8 Å². The molecule has 0 aliphatic heterocycles. The number of carbonyl (C=O) groups excluding carboxylic acids is 1. The molecule has 2 atom stereocenters. The van der Waals surface area contributed by atoms with Gasteiger partial charge in [-0.1, -0.05) is 6.42 Å². The van der Waals surface area contributed by atoms with E-state index in [0.717, 1.165) is 19.3 Å². The fourth-order valence-electron chi connectivity index (χ4n) is 2.96. The third-order valence-corrected chi connectivity index (χ3v) is 5.34. The maximum atomic E-state index is 12.7. The quantitative estimate of drug-likeness (QED) is 0.863. The second-order valence-electron chi connectivity index (χ2n) is 5.60. The largest absolute Gasteiger partial charge is 0.496 e. The Bertz CT molecular complexity index is 550. The molecule has 0 radical (unpaired) electrons. The Hall–Kier alpha value is -1.56. The van der Waals surface area contributed by atoms with E-state index in [1.807, 2.05) is 11.8 Å². The van der Waals surface area contributed by atoms with Crippen LogP contribution in [0, 0.1) is 0 Å². The van der Waals surface area contributed by atoms with Crippen LogP contribution in [-0.2, 0) is 0 Å². The van der Waals surface area contributed by atoms with E-state index in [4.69, 9.17) is 14.2 Å². The molecule has 1 fully saturated rings. The normalized spacial score (nSPS) is 20.7. The van der Waals surface area contributed by atoms with Crippen LogP contribution in [0.15, 0.2) is 12.1 Å². The van der Waals surface area contributed by atoms with Crippen molar-refractivity contribution in [1.82, 2.24) is 5.32 Å². The molecule has 0 saturated heterocycles. The second-order valence-corrected chi connectivity index (χ2v) is 6.74. The zero-order chi connectivity index (χ0) is 16.8. The minimum absolute atomic E-state index is 0.130. The van der Waals surface area contributed by atoms with Crippen molar-refractivity contribution in [3.05, 3.63) is 17.7 Å². The van der Waals surface area contributed by atoms with Gasteiger partial charge in [0.15, 0.2) is 11.5 Å². The first-order chi connectivity index (χ1) is 11.1. The van der Waals surface area contributed by atoms with Crippen molar-refractivity contribution in [3.8, 4) is 17.2 Å². The van der Waals surface area contributed by atoms with Crippen molar-refractivity contribution in [3.63, 3.8) is 0 Å². The summed E-state index contributed by atoms with van der Waals surface area (Å²) in [6.45, 7) is 0. The predicted molar refractivity (Wildman–Crippen MR) is 93.1 cm³/mol. The molecule has 0 heterocycles. The lowest BCUT2D eigenvalue weighted by Gasteiger charge is -2.28. The van der Waals surface area contributed by atoms with Crippen LogP contribution >= 0.6 is 11.8 Å². The lowest BCUT2D eigenvalue weighted by Crippen LogP contribution is -2.39. The Balaban J connectivity index is 2.17. The Morgan fingerprint density at radius 1 is 1.09 bits per heavy atom. The average Bonchev–Trinajstić information content (AvgIpc) is 2.60. The van der Waals surface area contributed by atoms with Crippen molar-refractivity contribution in [2.24, 2.45) is 0 Å². The van der Waals surface area contributed by atoms with Crippen LogP contribution in [0.2, 0.25) is 0 Å². The molecule has 1 aliphatic rings. The molecule has 1 aromatic rings. The standard InChI is InChI=1S/C17H25NO4S/c1-20-14-10-16(22-3)15(21-2)9-13(14)17(19)18-11-6-5-7-12(8-11)23-4/h9-12H,5-8H2,1-4H3,(H,18,19)/t11-,12-/m0/s1. The third-order valence-electron chi connectivity index (χ3n) is 4.24. The van der Waals surface area contributed by atoms with Gasteiger partial charge in [-0.3, -0.25) is 4.79 Å². The van der Waals surface area contributed by atoms with Gasteiger partial charge in [0.1, 0.15) is 5.75 Å². The lowest BCUT2D eigenvalue weighted by atomic mass is 9.94. The highest BCUT2D eigenvalue weighted by atomic mass is 32.2. The molecule has 23 heavy (non-hydrogen) atoms. The number of thioether (sulfide) groups is 1. The van der Waals surface area contributed by atoms with Gasteiger partial charge in [0.25, 0.3) is 5.91 Å². The molecule has 1 amide bonds. The van der Waals surface area contributed by atoms with Gasteiger partial charge in [0, 0.05) is 23.4 Å². The van der Waals surface area contributed by atoms with Crippen LogP contribution in [0.25, 0.3) is 0 Å². The average molecular weight is 339 g/mol. The summed E-state index contributed by atoms with van der Waals surface area (Å²) in [5, 5.41) is 3.76. The molecular weight excluding hydrogens is 314 g/mol. The molecule has 6 heteroatoms. The van der Waals surface area contributed by atoms with Crippen molar-refractivity contribution < 1.29 is 19.0 Å². The molecule has 0 unspecified atom stereocenters. The molecule has 2 rings (SSSR count). The van der Waals surface area contributed by atoms with Crippen molar-refractivity contribution in [1.29, 1.82) is 0 Å². The fourth-order valence-corrected chi connectivity index (χ4v) is 3.79. The Labute approximate surface area is 142 Å². The first kappa shape index (κ1) is 17.8. The molecule has 1 aliphatic carbocycles. The van der Waals surface area contributed by atoms with Gasteiger partial charge in [0.2, 0.25) is 0 Å². The number of nitrogens with one attached hydrogen (secondary N) is 1. The smallest absolute Gasteiger partial charge is 0.255 e. The van der Waals surface area contributed by atoms with Gasteiger partial charge in [0.05, 0.1) is 26.9 Å². The van der Waals surface area contributed by atoms with Crippen molar-refractivity contribution in [2.45, 2.75) is 37.0 Å². The highest BCUT2D eigenvalue weighted by Gasteiger charge is 2.25. The summed E-state index contributed by atoms with van der Waals surface area (Å²) in [7, 11) is 4.65. The van der Waals surface area contributed by atoms with E-state index >= 15 is 0 Å². The predicted octanol–water partition coefficient (Wildman–Crippen LogP) is 3.12. The van der Waals surface area contributed by atoms with E-state index in [9.17, 15) is 4.79 Å². The molecular formula is C17H25NO4S. The minimum atomic E-state index is -0.130. The summed E-state index contributed by atoms with van der Waals surface area (Å²) in [6.07, 6.45) is 6.56. The Morgan fingerprint density at radius 3 is 2.35 bits per heavy atom. The summed E-state index contributed by atoms with van der Waals surface area (Å²) < 4.78 is 15.9. The summed E-state index contributed by atoms with van der Waals surface area (Å²) >= 11 is 1.88. The van der Waals surface area contributed by atoms with Gasteiger partial charge in [-0.2, -0.15) is 11.8 Å². The number of carbonyl (C=O) groups is 1. The Kier molecular flexibility index (Phi) is 6.45. The summed E-state index contributed by atoms with van der Waals surface area (Å²) in [4.78, 5) is 12.7. The van der Waals surface area contributed by atoms with E-state index in [0.29, 0.717) is 28.1 Å². The summed E-state index contributed by atoms with van der Waals surface area (Å²) in [5.74, 6) is 1.41. The fraction of sp³-hybridized carbons (Fsp3) is 0.588. The number of amides is 1. The zero-order valence-corrected chi connectivity index (χ0v) is 15.0. The number of rotatable bonds is 6. The van der Waals surface area contributed by atoms with E-state index in [2.05, 4.69) is 11.6 Å². The molecule has 1 N–H and O–H groups in total.